The van der Waals surface area contributed by atoms with E-state index in [0.717, 1.165) is 12.8 Å². The molecule has 0 saturated carbocycles. The fourth-order valence-corrected chi connectivity index (χ4v) is 4.75. The van der Waals surface area contributed by atoms with Crippen molar-refractivity contribution in [1.82, 2.24) is 0 Å². The van der Waals surface area contributed by atoms with E-state index in [-0.39, 0.29) is 11.8 Å². The van der Waals surface area contributed by atoms with Gasteiger partial charge in [-0.2, -0.15) is 15.8 Å². The Bertz CT molecular complexity index is 631. The van der Waals surface area contributed by atoms with Gasteiger partial charge in [0.15, 0.2) is 10.8 Å². The summed E-state index contributed by atoms with van der Waals surface area (Å²) in [5, 5.41) is 38.6. The quantitative estimate of drug-likeness (QED) is 0.829. The molecular weight excluding hydrogens is 304 g/mol. The molecule has 2 aliphatic rings. The van der Waals surface area contributed by atoms with E-state index in [2.05, 4.69) is 18.2 Å². The number of nitriles is 3. The van der Waals surface area contributed by atoms with Gasteiger partial charge in [-0.1, -0.05) is 40.5 Å². The van der Waals surface area contributed by atoms with Gasteiger partial charge in [-0.05, 0) is 18.8 Å². The Morgan fingerprint density at radius 2 is 1.58 bits per heavy atom. The summed E-state index contributed by atoms with van der Waals surface area (Å²) in [6, 6.07) is 6.42. The lowest BCUT2D eigenvalue weighted by Crippen LogP contribution is -2.65. The van der Waals surface area contributed by atoms with E-state index in [9.17, 15) is 15.8 Å². The van der Waals surface area contributed by atoms with Gasteiger partial charge in [0.05, 0.1) is 29.7 Å². The van der Waals surface area contributed by atoms with Crippen molar-refractivity contribution in [3.8, 4) is 18.2 Å². The molecule has 0 aromatic carbocycles. The first-order chi connectivity index (χ1) is 11.4. The van der Waals surface area contributed by atoms with E-state index in [0.29, 0.717) is 12.8 Å². The topological polar surface area (TPSA) is 114 Å². The third kappa shape index (κ3) is 1.69. The van der Waals surface area contributed by atoms with E-state index in [1.54, 1.807) is 0 Å². The second-order valence-corrected chi connectivity index (χ2v) is 6.67. The van der Waals surface area contributed by atoms with Gasteiger partial charge in [0.2, 0.25) is 12.2 Å². The molecule has 2 bridgehead atoms. The molecular formula is C18H24N4O2. The Balaban J connectivity index is 2.85. The number of hydrogen-bond acceptors (Lipinski definition) is 6. The minimum Gasteiger partial charge on any atom is -0.450 e. The number of rotatable bonds is 5. The zero-order chi connectivity index (χ0) is 18.2. The summed E-state index contributed by atoms with van der Waals surface area (Å²) >= 11 is 0. The summed E-state index contributed by atoms with van der Waals surface area (Å²) in [6.07, 6.45) is 0.912. The molecule has 2 saturated heterocycles. The summed E-state index contributed by atoms with van der Waals surface area (Å²) in [4.78, 5) is 0. The van der Waals surface area contributed by atoms with Crippen molar-refractivity contribution in [2.45, 2.75) is 65.8 Å². The second kappa shape index (κ2) is 6.08. The third-order valence-electron chi connectivity index (χ3n) is 6.31. The van der Waals surface area contributed by atoms with E-state index in [4.69, 9.17) is 14.9 Å². The average Bonchev–Trinajstić information content (AvgIpc) is 2.79. The molecule has 0 aromatic rings. The van der Waals surface area contributed by atoms with Gasteiger partial charge in [0.1, 0.15) is 0 Å². The Morgan fingerprint density at radius 3 is 1.96 bits per heavy atom. The van der Waals surface area contributed by atoms with Gasteiger partial charge in [-0.25, -0.2) is 0 Å². The van der Waals surface area contributed by atoms with Crippen LogP contribution >= 0.6 is 0 Å². The molecule has 0 radical (unpaired) electrons. The van der Waals surface area contributed by atoms with Crippen molar-refractivity contribution in [2.24, 2.45) is 22.2 Å². The summed E-state index contributed by atoms with van der Waals surface area (Å²) in [5.74, 6) is -0.351. The third-order valence-corrected chi connectivity index (χ3v) is 6.31. The van der Waals surface area contributed by atoms with Crippen LogP contribution in [0, 0.1) is 61.6 Å². The molecule has 2 fully saturated rings. The zero-order valence-corrected chi connectivity index (χ0v) is 14.7. The van der Waals surface area contributed by atoms with Crippen molar-refractivity contribution >= 4 is 5.90 Å². The summed E-state index contributed by atoms with van der Waals surface area (Å²) in [6.45, 7) is 7.74. The lowest BCUT2D eigenvalue weighted by molar-refractivity contribution is -0.257. The van der Waals surface area contributed by atoms with Gasteiger partial charge in [-0.3, -0.25) is 5.41 Å². The molecule has 0 spiro atoms. The van der Waals surface area contributed by atoms with Crippen LogP contribution < -0.4 is 0 Å². The monoisotopic (exact) mass is 328 g/mol. The summed E-state index contributed by atoms with van der Waals surface area (Å²) < 4.78 is 11.8. The summed E-state index contributed by atoms with van der Waals surface area (Å²) in [5.41, 5.74) is -4.23. The Morgan fingerprint density at radius 1 is 1.04 bits per heavy atom. The highest BCUT2D eigenvalue weighted by Gasteiger charge is 2.81. The minimum atomic E-state index is -1.76. The van der Waals surface area contributed by atoms with Crippen LogP contribution in [0.5, 0.6) is 0 Å². The van der Waals surface area contributed by atoms with Crippen molar-refractivity contribution in [3.05, 3.63) is 0 Å². The molecule has 0 unspecified atom stereocenters. The van der Waals surface area contributed by atoms with Crippen LogP contribution in [0.25, 0.3) is 0 Å². The molecule has 128 valence electrons. The predicted molar refractivity (Wildman–Crippen MR) is 86.3 cm³/mol. The van der Waals surface area contributed by atoms with Crippen molar-refractivity contribution in [2.75, 3.05) is 0 Å². The molecule has 6 nitrogen and oxygen atoms in total. The van der Waals surface area contributed by atoms with E-state index < -0.39 is 28.6 Å². The predicted octanol–water partition coefficient (Wildman–Crippen LogP) is 3.50. The molecule has 0 aliphatic carbocycles. The van der Waals surface area contributed by atoms with Crippen LogP contribution in [0.1, 0.15) is 53.4 Å². The first kappa shape index (κ1) is 18.2. The van der Waals surface area contributed by atoms with Gasteiger partial charge in [0, 0.05) is 0 Å². The smallest absolute Gasteiger partial charge is 0.209 e. The van der Waals surface area contributed by atoms with Crippen LogP contribution in [0.4, 0.5) is 0 Å². The van der Waals surface area contributed by atoms with Crippen LogP contribution in [-0.2, 0) is 9.47 Å². The minimum absolute atomic E-state index is 0.0549. The lowest BCUT2D eigenvalue weighted by Gasteiger charge is -2.53. The number of fused-ring (bicyclic) bond motifs is 2. The maximum atomic E-state index is 10.2. The van der Waals surface area contributed by atoms with Crippen LogP contribution in [0.15, 0.2) is 0 Å². The highest BCUT2D eigenvalue weighted by molar-refractivity contribution is 5.89. The normalized spacial score (nSPS) is 32.5. The first-order valence-electron chi connectivity index (χ1n) is 8.59. The van der Waals surface area contributed by atoms with E-state index in [1.165, 1.54) is 0 Å². The first-order valence-corrected chi connectivity index (χ1v) is 8.59. The highest BCUT2D eigenvalue weighted by atomic mass is 16.7. The standard InChI is InChI=1S/C18H24N4O2/c1-5-12(6-2)13-17(9-19,10-20)18(11-21)14(22)24-15(23-13)16(18,7-3)8-4/h12-13,15,22H,5-8H2,1-4H3/t13-,15+,18-/m1/s1. The van der Waals surface area contributed by atoms with Crippen LogP contribution in [0.3, 0.4) is 0 Å². The largest absolute Gasteiger partial charge is 0.450 e. The molecule has 2 aliphatic heterocycles. The van der Waals surface area contributed by atoms with E-state index in [1.807, 2.05) is 27.7 Å². The van der Waals surface area contributed by atoms with E-state index >= 15 is 0 Å². The summed E-state index contributed by atoms with van der Waals surface area (Å²) in [7, 11) is 0. The van der Waals surface area contributed by atoms with Crippen molar-refractivity contribution in [3.63, 3.8) is 0 Å². The van der Waals surface area contributed by atoms with Crippen LogP contribution in [0.2, 0.25) is 0 Å². The number of nitrogens with zero attached hydrogens (tertiary/aromatic N) is 3. The van der Waals surface area contributed by atoms with Gasteiger partial charge in [0.25, 0.3) is 0 Å². The maximum absolute atomic E-state index is 10.2. The molecule has 1 N–H and O–H groups in total. The molecule has 2 heterocycles. The fourth-order valence-electron chi connectivity index (χ4n) is 4.75. The zero-order valence-electron chi connectivity index (χ0n) is 14.7. The molecule has 6 heteroatoms. The van der Waals surface area contributed by atoms with Crippen molar-refractivity contribution in [1.29, 1.82) is 21.2 Å². The van der Waals surface area contributed by atoms with Crippen molar-refractivity contribution < 1.29 is 9.47 Å². The van der Waals surface area contributed by atoms with Gasteiger partial charge >= 0.3 is 0 Å². The second-order valence-electron chi connectivity index (χ2n) is 6.67. The maximum Gasteiger partial charge on any atom is 0.209 e. The highest BCUT2D eigenvalue weighted by Crippen LogP contribution is 2.68. The molecule has 3 atom stereocenters. The molecule has 2 rings (SSSR count). The molecule has 0 aromatic heterocycles. The Kier molecular flexibility index (Phi) is 4.62. The average molecular weight is 328 g/mol. The molecule has 0 amide bonds. The number of hydrogen-bond donors (Lipinski definition) is 1. The Hall–Kier alpha value is -2.10. The Labute approximate surface area is 143 Å². The lowest BCUT2D eigenvalue weighted by atomic mass is 9.46. The molecule has 24 heavy (non-hydrogen) atoms. The van der Waals surface area contributed by atoms with Gasteiger partial charge in [-0.15, -0.1) is 0 Å². The number of ether oxygens (including phenoxy) is 2. The van der Waals surface area contributed by atoms with Gasteiger partial charge < -0.3 is 9.47 Å². The number of nitrogens with one attached hydrogen (secondary N) is 1. The SMILES string of the molecule is CCC(CC)[C@H]1O[C@H]2OC(=N)[C@@](C#N)(C1(C#N)C#N)C2(CC)CC. The fraction of sp³-hybridized carbons (Fsp3) is 0.778. The van der Waals surface area contributed by atoms with Crippen LogP contribution in [-0.4, -0.2) is 18.3 Å².